The maximum absolute atomic E-state index is 13.8. The molecule has 0 spiro atoms. The van der Waals surface area contributed by atoms with Crippen LogP contribution in [0.25, 0.3) is 11.3 Å². The van der Waals surface area contributed by atoms with E-state index in [0.717, 1.165) is 23.5 Å². The summed E-state index contributed by atoms with van der Waals surface area (Å²) in [6.07, 6.45) is 0. The molecule has 3 aromatic rings. The van der Waals surface area contributed by atoms with Crippen molar-refractivity contribution in [3.8, 4) is 11.3 Å². The van der Waals surface area contributed by atoms with Crippen LogP contribution in [0.4, 0.5) is 19.6 Å². The molecule has 0 saturated carbocycles. The fourth-order valence-corrected chi connectivity index (χ4v) is 3.09. The van der Waals surface area contributed by atoms with Crippen molar-refractivity contribution in [3.63, 3.8) is 0 Å². The second-order valence-corrected chi connectivity index (χ2v) is 6.18. The number of rotatable bonds is 4. The number of benzene rings is 2. The topological polar surface area (TPSA) is 85.1 Å². The van der Waals surface area contributed by atoms with E-state index in [-0.39, 0.29) is 33.2 Å². The molecular formula is C17H11F2N3O3S. The first-order valence-corrected chi connectivity index (χ1v) is 8.21. The Balaban J connectivity index is 1.85. The van der Waals surface area contributed by atoms with Gasteiger partial charge in [0.25, 0.3) is 11.6 Å². The van der Waals surface area contributed by atoms with E-state index in [2.05, 4.69) is 10.3 Å². The molecule has 0 atom stereocenters. The van der Waals surface area contributed by atoms with Crippen molar-refractivity contribution in [2.24, 2.45) is 0 Å². The van der Waals surface area contributed by atoms with Gasteiger partial charge in [-0.3, -0.25) is 20.2 Å². The Morgan fingerprint density at radius 1 is 1.27 bits per heavy atom. The maximum atomic E-state index is 13.8. The Labute approximate surface area is 150 Å². The number of nitrogens with one attached hydrogen (secondary N) is 1. The highest BCUT2D eigenvalue weighted by atomic mass is 32.1. The standard InChI is InChI=1S/C17H11F2N3O3S/c1-9-11(3-2-4-15(9)22(24)25)16(23)21-17-20-14(8-26-17)12-6-5-10(18)7-13(12)19/h2-8H,1H3,(H,20,21,23). The molecule has 0 aliphatic rings. The second kappa shape index (κ2) is 6.96. The summed E-state index contributed by atoms with van der Waals surface area (Å²) in [5.41, 5.74) is 0.569. The van der Waals surface area contributed by atoms with Gasteiger partial charge in [-0.1, -0.05) is 6.07 Å². The summed E-state index contributed by atoms with van der Waals surface area (Å²) in [4.78, 5) is 26.9. The maximum Gasteiger partial charge on any atom is 0.273 e. The number of carbonyl (C=O) groups is 1. The zero-order valence-electron chi connectivity index (χ0n) is 13.3. The number of aromatic nitrogens is 1. The number of carbonyl (C=O) groups excluding carboxylic acids is 1. The lowest BCUT2D eigenvalue weighted by Gasteiger charge is -2.05. The molecule has 9 heteroatoms. The van der Waals surface area contributed by atoms with Crippen molar-refractivity contribution in [2.75, 3.05) is 5.32 Å². The van der Waals surface area contributed by atoms with Gasteiger partial charge in [-0.25, -0.2) is 13.8 Å². The number of anilines is 1. The number of nitrogens with zero attached hydrogens (tertiary/aromatic N) is 2. The zero-order chi connectivity index (χ0) is 18.8. The van der Waals surface area contributed by atoms with E-state index in [0.29, 0.717) is 0 Å². The van der Waals surface area contributed by atoms with Crippen molar-refractivity contribution in [2.45, 2.75) is 6.92 Å². The van der Waals surface area contributed by atoms with Crippen molar-refractivity contribution in [3.05, 3.63) is 74.7 Å². The van der Waals surface area contributed by atoms with Gasteiger partial charge in [0.1, 0.15) is 11.6 Å². The van der Waals surface area contributed by atoms with Crippen LogP contribution in [0.2, 0.25) is 0 Å². The van der Waals surface area contributed by atoms with Crippen molar-refractivity contribution >= 4 is 28.1 Å². The predicted octanol–water partition coefficient (Wildman–Crippen LogP) is 4.56. The lowest BCUT2D eigenvalue weighted by Crippen LogP contribution is -2.14. The predicted molar refractivity (Wildman–Crippen MR) is 93.3 cm³/mol. The Hall–Kier alpha value is -3.20. The minimum absolute atomic E-state index is 0.106. The Morgan fingerprint density at radius 3 is 2.73 bits per heavy atom. The van der Waals surface area contributed by atoms with Crippen molar-refractivity contribution in [1.29, 1.82) is 0 Å². The van der Waals surface area contributed by atoms with E-state index in [1.54, 1.807) is 0 Å². The third-order valence-electron chi connectivity index (χ3n) is 3.68. The fourth-order valence-electron chi connectivity index (χ4n) is 2.38. The largest absolute Gasteiger partial charge is 0.298 e. The normalized spacial score (nSPS) is 10.6. The molecule has 1 amide bonds. The number of halogens is 2. The molecule has 1 heterocycles. The molecule has 0 fully saturated rings. The molecule has 132 valence electrons. The number of nitro groups is 1. The minimum atomic E-state index is -0.761. The SMILES string of the molecule is Cc1c(C(=O)Nc2nc(-c3ccc(F)cc3F)cs2)cccc1[N+](=O)[O-]. The molecule has 2 aromatic carbocycles. The van der Waals surface area contributed by atoms with Crippen LogP contribution in [0.15, 0.2) is 41.8 Å². The number of nitro benzene ring substituents is 1. The van der Waals surface area contributed by atoms with E-state index < -0.39 is 22.5 Å². The number of hydrogen-bond acceptors (Lipinski definition) is 5. The van der Waals surface area contributed by atoms with E-state index >= 15 is 0 Å². The van der Waals surface area contributed by atoms with Gasteiger partial charge >= 0.3 is 0 Å². The molecule has 0 saturated heterocycles. The van der Waals surface area contributed by atoms with Gasteiger partial charge in [0.05, 0.1) is 10.6 Å². The number of hydrogen-bond donors (Lipinski definition) is 1. The third-order valence-corrected chi connectivity index (χ3v) is 4.44. The van der Waals surface area contributed by atoms with Crippen LogP contribution in [-0.4, -0.2) is 15.8 Å². The highest BCUT2D eigenvalue weighted by Crippen LogP contribution is 2.28. The van der Waals surface area contributed by atoms with Gasteiger partial charge in [0, 0.05) is 34.2 Å². The van der Waals surface area contributed by atoms with Crippen molar-refractivity contribution in [1.82, 2.24) is 4.98 Å². The van der Waals surface area contributed by atoms with Crippen LogP contribution in [-0.2, 0) is 0 Å². The Morgan fingerprint density at radius 2 is 2.04 bits per heavy atom. The van der Waals surface area contributed by atoms with Crippen LogP contribution >= 0.6 is 11.3 Å². The van der Waals surface area contributed by atoms with E-state index in [9.17, 15) is 23.7 Å². The summed E-state index contributed by atoms with van der Waals surface area (Å²) in [5.74, 6) is -2.02. The first-order valence-electron chi connectivity index (χ1n) is 7.33. The molecular weight excluding hydrogens is 364 g/mol. The van der Waals surface area contributed by atoms with Gasteiger partial charge < -0.3 is 0 Å². The Kier molecular flexibility index (Phi) is 4.72. The summed E-state index contributed by atoms with van der Waals surface area (Å²) >= 11 is 1.06. The number of amides is 1. The van der Waals surface area contributed by atoms with Gasteiger partial charge in [0.15, 0.2) is 5.13 Å². The van der Waals surface area contributed by atoms with Gasteiger partial charge in [-0.2, -0.15) is 0 Å². The summed E-state index contributed by atoms with van der Waals surface area (Å²) in [5, 5.41) is 15.2. The van der Waals surface area contributed by atoms with Crippen LogP contribution in [0, 0.1) is 28.7 Å². The summed E-state index contributed by atoms with van der Waals surface area (Å²) in [7, 11) is 0. The van der Waals surface area contributed by atoms with Crippen LogP contribution in [0.1, 0.15) is 15.9 Å². The summed E-state index contributed by atoms with van der Waals surface area (Å²) < 4.78 is 26.8. The Bertz CT molecular complexity index is 1020. The summed E-state index contributed by atoms with van der Waals surface area (Å²) in [6.45, 7) is 1.48. The average Bonchev–Trinajstić information content (AvgIpc) is 3.02. The molecule has 0 aliphatic carbocycles. The molecule has 1 aromatic heterocycles. The van der Waals surface area contributed by atoms with Gasteiger partial charge in [-0.05, 0) is 25.1 Å². The number of thiazole rings is 1. The zero-order valence-corrected chi connectivity index (χ0v) is 14.1. The molecule has 1 N–H and O–H groups in total. The van der Waals surface area contributed by atoms with Gasteiger partial charge in [0.2, 0.25) is 0 Å². The van der Waals surface area contributed by atoms with Crippen LogP contribution < -0.4 is 5.32 Å². The highest BCUT2D eigenvalue weighted by Gasteiger charge is 2.19. The quantitative estimate of drug-likeness (QED) is 0.535. The van der Waals surface area contributed by atoms with E-state index in [1.807, 2.05) is 0 Å². The lowest BCUT2D eigenvalue weighted by molar-refractivity contribution is -0.385. The molecule has 0 radical (unpaired) electrons. The smallest absolute Gasteiger partial charge is 0.273 e. The van der Waals surface area contributed by atoms with Crippen molar-refractivity contribution < 1.29 is 18.5 Å². The molecule has 26 heavy (non-hydrogen) atoms. The average molecular weight is 375 g/mol. The lowest BCUT2D eigenvalue weighted by atomic mass is 10.1. The second-order valence-electron chi connectivity index (χ2n) is 5.32. The first-order chi connectivity index (χ1) is 12.4. The first kappa shape index (κ1) is 17.6. The highest BCUT2D eigenvalue weighted by molar-refractivity contribution is 7.14. The van der Waals surface area contributed by atoms with Gasteiger partial charge in [-0.15, -0.1) is 11.3 Å². The van der Waals surface area contributed by atoms with E-state index in [4.69, 9.17) is 0 Å². The molecule has 6 nitrogen and oxygen atoms in total. The summed E-state index contributed by atoms with van der Waals surface area (Å²) in [6, 6.07) is 7.32. The fraction of sp³-hybridized carbons (Fsp3) is 0.0588. The van der Waals surface area contributed by atoms with E-state index in [1.165, 1.54) is 36.6 Å². The minimum Gasteiger partial charge on any atom is -0.298 e. The van der Waals surface area contributed by atoms with Crippen LogP contribution in [0.3, 0.4) is 0 Å². The monoisotopic (exact) mass is 375 g/mol. The molecule has 3 rings (SSSR count). The third kappa shape index (κ3) is 3.42. The molecule has 0 aliphatic heterocycles. The molecule has 0 bridgehead atoms. The molecule has 0 unspecified atom stereocenters. The van der Waals surface area contributed by atoms with Crippen LogP contribution in [0.5, 0.6) is 0 Å².